The summed E-state index contributed by atoms with van der Waals surface area (Å²) in [5, 5.41) is 12.1. The lowest BCUT2D eigenvalue weighted by Gasteiger charge is -2.06. The predicted octanol–water partition coefficient (Wildman–Crippen LogP) is 2.28. The first-order valence-corrected chi connectivity index (χ1v) is 3.74. The van der Waals surface area contributed by atoms with Crippen molar-refractivity contribution in [1.82, 2.24) is 0 Å². The van der Waals surface area contributed by atoms with Gasteiger partial charge < -0.3 is 5.11 Å². The molecule has 0 amide bonds. The quantitative estimate of drug-likeness (QED) is 0.683. The van der Waals surface area contributed by atoms with E-state index in [2.05, 4.69) is 5.18 Å². The largest absolute Gasteiger partial charge is 0.508 e. The van der Waals surface area contributed by atoms with E-state index in [1.54, 1.807) is 12.1 Å². The highest BCUT2D eigenvalue weighted by Gasteiger charge is 2.04. The van der Waals surface area contributed by atoms with Gasteiger partial charge in [-0.3, -0.25) is 0 Å². The minimum Gasteiger partial charge on any atom is -0.508 e. The second-order valence-corrected chi connectivity index (χ2v) is 2.78. The molecular weight excluding hydrogens is 154 g/mol. The maximum atomic E-state index is 10.0. The topological polar surface area (TPSA) is 49.7 Å². The van der Waals surface area contributed by atoms with Gasteiger partial charge in [0.15, 0.2) is 0 Å². The Hall–Kier alpha value is -1.38. The molecule has 0 fully saturated rings. The minimum absolute atomic E-state index is 0.174. The number of phenolic OH excluding ortho intramolecular Hbond substituents is 1. The molecule has 0 aromatic heterocycles. The van der Waals surface area contributed by atoms with Crippen LogP contribution in [0.1, 0.15) is 16.7 Å². The van der Waals surface area contributed by atoms with Gasteiger partial charge in [0.25, 0.3) is 0 Å². The van der Waals surface area contributed by atoms with Crippen molar-refractivity contribution in [3.05, 3.63) is 33.7 Å². The highest BCUT2D eigenvalue weighted by molar-refractivity contribution is 5.42. The van der Waals surface area contributed by atoms with Crippen LogP contribution >= 0.6 is 0 Å². The molecule has 1 aromatic carbocycles. The van der Waals surface area contributed by atoms with Crippen molar-refractivity contribution in [2.45, 2.75) is 20.4 Å². The maximum Gasteiger partial charge on any atom is 0.118 e. The summed E-state index contributed by atoms with van der Waals surface area (Å²) in [4.78, 5) is 10.0. The molecule has 1 N–H and O–H groups in total. The molecule has 0 atom stereocenters. The Labute approximate surface area is 71.0 Å². The Balaban J connectivity index is 3.16. The van der Waals surface area contributed by atoms with Crippen LogP contribution in [0.15, 0.2) is 17.3 Å². The van der Waals surface area contributed by atoms with Crippen molar-refractivity contribution in [3.8, 4) is 5.75 Å². The Bertz CT molecular complexity index is 308. The van der Waals surface area contributed by atoms with Crippen LogP contribution in [0.2, 0.25) is 0 Å². The summed E-state index contributed by atoms with van der Waals surface area (Å²) in [5.74, 6) is 0.266. The van der Waals surface area contributed by atoms with Crippen LogP contribution in [0, 0.1) is 18.8 Å². The van der Waals surface area contributed by atoms with Gasteiger partial charge in [-0.1, -0.05) is 11.2 Å². The molecular formula is C9H11NO2. The fourth-order valence-electron chi connectivity index (χ4n) is 1.10. The predicted molar refractivity (Wildman–Crippen MR) is 47.1 cm³/mol. The summed E-state index contributed by atoms with van der Waals surface area (Å²) in [7, 11) is 0. The van der Waals surface area contributed by atoms with E-state index in [0.29, 0.717) is 0 Å². The van der Waals surface area contributed by atoms with Crippen LogP contribution < -0.4 is 0 Å². The molecule has 3 heteroatoms. The third kappa shape index (κ3) is 1.44. The molecule has 0 radical (unpaired) electrons. The third-order valence-electron chi connectivity index (χ3n) is 2.11. The maximum absolute atomic E-state index is 10.0. The summed E-state index contributed by atoms with van der Waals surface area (Å²) in [6.07, 6.45) is 0. The van der Waals surface area contributed by atoms with E-state index < -0.39 is 0 Å². The SMILES string of the molecule is Cc1c(O)ccc(CN=O)c1C. The highest BCUT2D eigenvalue weighted by Crippen LogP contribution is 2.22. The summed E-state index contributed by atoms with van der Waals surface area (Å²) in [6.45, 7) is 3.86. The first-order valence-electron chi connectivity index (χ1n) is 3.74. The summed E-state index contributed by atoms with van der Waals surface area (Å²) >= 11 is 0. The van der Waals surface area contributed by atoms with Crippen molar-refractivity contribution in [1.29, 1.82) is 0 Å². The average molecular weight is 165 g/mol. The molecule has 1 rings (SSSR count). The zero-order valence-corrected chi connectivity index (χ0v) is 7.16. The van der Waals surface area contributed by atoms with E-state index >= 15 is 0 Å². The number of phenols is 1. The average Bonchev–Trinajstić information content (AvgIpc) is 2.07. The van der Waals surface area contributed by atoms with E-state index in [0.717, 1.165) is 16.7 Å². The molecule has 0 saturated carbocycles. The van der Waals surface area contributed by atoms with Gasteiger partial charge in [0, 0.05) is 0 Å². The van der Waals surface area contributed by atoms with Crippen LogP contribution in [-0.2, 0) is 6.54 Å². The van der Waals surface area contributed by atoms with Gasteiger partial charge in [0.2, 0.25) is 0 Å². The Morgan fingerprint density at radius 2 is 2.00 bits per heavy atom. The van der Waals surface area contributed by atoms with Crippen molar-refractivity contribution in [3.63, 3.8) is 0 Å². The normalized spacial score (nSPS) is 9.83. The van der Waals surface area contributed by atoms with E-state index in [9.17, 15) is 10.0 Å². The molecule has 0 heterocycles. The van der Waals surface area contributed by atoms with E-state index in [1.807, 2.05) is 13.8 Å². The van der Waals surface area contributed by atoms with Crippen molar-refractivity contribution in [2.24, 2.45) is 5.18 Å². The van der Waals surface area contributed by atoms with Crippen LogP contribution in [0.4, 0.5) is 0 Å². The van der Waals surface area contributed by atoms with Crippen molar-refractivity contribution < 1.29 is 5.11 Å². The molecule has 1 aromatic rings. The van der Waals surface area contributed by atoms with E-state index in [-0.39, 0.29) is 12.3 Å². The highest BCUT2D eigenvalue weighted by atomic mass is 16.3. The second-order valence-electron chi connectivity index (χ2n) is 2.78. The van der Waals surface area contributed by atoms with Gasteiger partial charge in [-0.05, 0) is 36.6 Å². The van der Waals surface area contributed by atoms with Crippen molar-refractivity contribution in [2.75, 3.05) is 0 Å². The van der Waals surface area contributed by atoms with E-state index in [1.165, 1.54) is 0 Å². The molecule has 0 saturated heterocycles. The number of aromatic hydroxyl groups is 1. The van der Waals surface area contributed by atoms with Crippen molar-refractivity contribution >= 4 is 0 Å². The number of nitroso groups, excluding NO2 is 1. The fraction of sp³-hybridized carbons (Fsp3) is 0.333. The van der Waals surface area contributed by atoms with Gasteiger partial charge >= 0.3 is 0 Å². The number of rotatable bonds is 2. The smallest absolute Gasteiger partial charge is 0.118 e. The molecule has 0 aliphatic rings. The number of hydrogen-bond donors (Lipinski definition) is 1. The Morgan fingerprint density at radius 3 is 2.58 bits per heavy atom. The number of benzene rings is 1. The summed E-state index contributed by atoms with van der Waals surface area (Å²) < 4.78 is 0. The van der Waals surface area contributed by atoms with Crippen LogP contribution in [0.3, 0.4) is 0 Å². The molecule has 0 aliphatic carbocycles. The first kappa shape index (κ1) is 8.71. The van der Waals surface area contributed by atoms with E-state index in [4.69, 9.17) is 0 Å². The minimum atomic E-state index is 0.174. The molecule has 0 spiro atoms. The Morgan fingerprint density at radius 1 is 1.33 bits per heavy atom. The molecule has 0 bridgehead atoms. The number of hydrogen-bond acceptors (Lipinski definition) is 3. The summed E-state index contributed by atoms with van der Waals surface area (Å²) in [6, 6.07) is 3.31. The first-order chi connectivity index (χ1) is 5.66. The van der Waals surface area contributed by atoms with Gasteiger partial charge in [0.1, 0.15) is 12.3 Å². The molecule has 3 nitrogen and oxygen atoms in total. The number of nitrogens with zero attached hydrogens (tertiary/aromatic N) is 1. The summed E-state index contributed by atoms with van der Waals surface area (Å²) in [5.41, 5.74) is 2.63. The lowest BCUT2D eigenvalue weighted by atomic mass is 10.0. The van der Waals surface area contributed by atoms with Gasteiger partial charge in [-0.15, -0.1) is 0 Å². The van der Waals surface area contributed by atoms with Crippen LogP contribution in [0.25, 0.3) is 0 Å². The molecule has 0 unspecified atom stereocenters. The standard InChI is InChI=1S/C9H11NO2/c1-6-7(2)9(11)4-3-8(6)5-10-12/h3-4,11H,5H2,1-2H3. The fourth-order valence-corrected chi connectivity index (χ4v) is 1.10. The van der Waals surface area contributed by atoms with Gasteiger partial charge in [0.05, 0.1) is 0 Å². The monoisotopic (exact) mass is 165 g/mol. The third-order valence-corrected chi connectivity index (χ3v) is 2.11. The molecule has 12 heavy (non-hydrogen) atoms. The zero-order valence-electron chi connectivity index (χ0n) is 7.16. The lowest BCUT2D eigenvalue weighted by molar-refractivity contribution is 0.470. The second kappa shape index (κ2) is 3.34. The Kier molecular flexibility index (Phi) is 2.43. The zero-order chi connectivity index (χ0) is 9.14. The molecule has 0 aliphatic heterocycles. The van der Waals surface area contributed by atoms with Gasteiger partial charge in [-0.25, -0.2) is 0 Å². The van der Waals surface area contributed by atoms with Crippen LogP contribution in [-0.4, -0.2) is 5.11 Å². The lowest BCUT2D eigenvalue weighted by Crippen LogP contribution is -1.90. The van der Waals surface area contributed by atoms with Gasteiger partial charge in [-0.2, -0.15) is 4.91 Å². The molecule has 64 valence electrons. The van der Waals surface area contributed by atoms with Crippen LogP contribution in [0.5, 0.6) is 5.75 Å².